The Labute approximate surface area is 206 Å². The topological polar surface area (TPSA) is 51.2 Å². The Morgan fingerprint density at radius 2 is 1.50 bits per heavy atom. The standard InChI is InChI=1S/C29H21BrN2O2/c1-19-7-16-27-25(17-19)26(18-28(32-27)20-5-3-2-4-6-20)29(33)31-22-10-14-24(15-11-22)34-23-12-8-21(30)9-13-23/h2-18H,1H3,(H,31,33). The molecule has 166 valence electrons. The summed E-state index contributed by atoms with van der Waals surface area (Å²) in [7, 11) is 0. The van der Waals surface area contributed by atoms with Crippen molar-refractivity contribution in [1.82, 2.24) is 4.98 Å². The van der Waals surface area contributed by atoms with E-state index < -0.39 is 0 Å². The van der Waals surface area contributed by atoms with E-state index in [0.29, 0.717) is 17.0 Å². The SMILES string of the molecule is Cc1ccc2nc(-c3ccccc3)cc(C(=O)Nc3ccc(Oc4ccc(Br)cc4)cc3)c2c1. The summed E-state index contributed by atoms with van der Waals surface area (Å²) in [4.78, 5) is 18.2. The summed E-state index contributed by atoms with van der Waals surface area (Å²) >= 11 is 3.42. The molecule has 0 spiro atoms. The number of pyridine rings is 1. The van der Waals surface area contributed by atoms with Gasteiger partial charge in [0.2, 0.25) is 0 Å². The van der Waals surface area contributed by atoms with Gasteiger partial charge in [0.1, 0.15) is 11.5 Å². The number of aryl methyl sites for hydroxylation is 1. The molecule has 0 bridgehead atoms. The summed E-state index contributed by atoms with van der Waals surface area (Å²) in [6.45, 7) is 2.01. The monoisotopic (exact) mass is 508 g/mol. The van der Waals surface area contributed by atoms with Crippen molar-refractivity contribution in [1.29, 1.82) is 0 Å². The van der Waals surface area contributed by atoms with E-state index in [1.54, 1.807) is 0 Å². The molecule has 4 nitrogen and oxygen atoms in total. The molecule has 34 heavy (non-hydrogen) atoms. The lowest BCUT2D eigenvalue weighted by Crippen LogP contribution is -2.13. The van der Waals surface area contributed by atoms with Crippen molar-refractivity contribution in [3.8, 4) is 22.8 Å². The number of nitrogens with one attached hydrogen (secondary N) is 1. The number of hydrogen-bond acceptors (Lipinski definition) is 3. The van der Waals surface area contributed by atoms with Crippen LogP contribution in [0.2, 0.25) is 0 Å². The number of amides is 1. The Bertz CT molecular complexity index is 1460. The number of carbonyl (C=O) groups is 1. The fourth-order valence-corrected chi connectivity index (χ4v) is 3.99. The van der Waals surface area contributed by atoms with Crippen molar-refractivity contribution < 1.29 is 9.53 Å². The Hall–Kier alpha value is -3.96. The van der Waals surface area contributed by atoms with Crippen LogP contribution in [0.4, 0.5) is 5.69 Å². The van der Waals surface area contributed by atoms with Crippen LogP contribution in [0, 0.1) is 6.92 Å². The van der Waals surface area contributed by atoms with E-state index in [1.807, 2.05) is 110 Å². The number of hydrogen-bond donors (Lipinski definition) is 1. The number of anilines is 1. The molecule has 0 saturated heterocycles. The van der Waals surface area contributed by atoms with Crippen LogP contribution in [0.15, 0.2) is 108 Å². The van der Waals surface area contributed by atoms with Gasteiger partial charge in [-0.2, -0.15) is 0 Å². The van der Waals surface area contributed by atoms with Gasteiger partial charge in [-0.25, -0.2) is 4.98 Å². The molecule has 5 rings (SSSR count). The van der Waals surface area contributed by atoms with E-state index in [1.165, 1.54) is 0 Å². The first-order valence-electron chi connectivity index (χ1n) is 10.9. The normalized spacial score (nSPS) is 10.8. The summed E-state index contributed by atoms with van der Waals surface area (Å²) in [6, 6.07) is 32.7. The fraction of sp³-hybridized carbons (Fsp3) is 0.0345. The molecule has 1 amide bonds. The van der Waals surface area contributed by atoms with Gasteiger partial charge in [-0.1, -0.05) is 57.9 Å². The molecule has 0 saturated carbocycles. The Balaban J connectivity index is 1.42. The maximum Gasteiger partial charge on any atom is 0.256 e. The van der Waals surface area contributed by atoms with Crippen molar-refractivity contribution in [2.24, 2.45) is 0 Å². The number of fused-ring (bicyclic) bond motifs is 1. The molecule has 0 fully saturated rings. The maximum absolute atomic E-state index is 13.4. The molecule has 5 heteroatoms. The van der Waals surface area contributed by atoms with E-state index in [-0.39, 0.29) is 5.91 Å². The van der Waals surface area contributed by atoms with Gasteiger partial charge < -0.3 is 10.1 Å². The van der Waals surface area contributed by atoms with Crippen LogP contribution in [0.3, 0.4) is 0 Å². The van der Waals surface area contributed by atoms with Crippen LogP contribution < -0.4 is 10.1 Å². The van der Waals surface area contributed by atoms with E-state index in [9.17, 15) is 4.79 Å². The Morgan fingerprint density at radius 1 is 0.824 bits per heavy atom. The molecule has 1 heterocycles. The van der Waals surface area contributed by atoms with Crippen LogP contribution in [0.5, 0.6) is 11.5 Å². The second kappa shape index (κ2) is 9.49. The fourth-order valence-electron chi connectivity index (χ4n) is 3.73. The molecule has 1 N–H and O–H groups in total. The lowest BCUT2D eigenvalue weighted by Gasteiger charge is -2.12. The summed E-state index contributed by atoms with van der Waals surface area (Å²) in [5.41, 5.74) is 4.86. The van der Waals surface area contributed by atoms with Gasteiger partial charge in [-0.3, -0.25) is 4.79 Å². The van der Waals surface area contributed by atoms with Crippen molar-refractivity contribution in [3.63, 3.8) is 0 Å². The minimum absolute atomic E-state index is 0.184. The molecule has 0 unspecified atom stereocenters. The minimum atomic E-state index is -0.184. The van der Waals surface area contributed by atoms with Gasteiger partial charge in [0.05, 0.1) is 16.8 Å². The highest BCUT2D eigenvalue weighted by molar-refractivity contribution is 9.10. The highest BCUT2D eigenvalue weighted by atomic mass is 79.9. The first-order chi connectivity index (χ1) is 16.5. The molecule has 0 radical (unpaired) electrons. The Kier molecular flexibility index (Phi) is 6.11. The van der Waals surface area contributed by atoms with Crippen LogP contribution in [0.1, 0.15) is 15.9 Å². The van der Waals surface area contributed by atoms with Gasteiger partial charge in [0.15, 0.2) is 0 Å². The second-order valence-electron chi connectivity index (χ2n) is 7.98. The average Bonchev–Trinajstić information content (AvgIpc) is 2.86. The third-order valence-corrected chi connectivity index (χ3v) is 5.97. The summed E-state index contributed by atoms with van der Waals surface area (Å²) in [6.07, 6.45) is 0. The molecule has 4 aromatic carbocycles. The zero-order valence-electron chi connectivity index (χ0n) is 18.5. The number of carbonyl (C=O) groups excluding carboxylic acids is 1. The first-order valence-corrected chi connectivity index (χ1v) is 11.7. The number of rotatable bonds is 5. The average molecular weight is 509 g/mol. The van der Waals surface area contributed by atoms with Gasteiger partial charge in [0, 0.05) is 21.1 Å². The lowest BCUT2D eigenvalue weighted by atomic mass is 10.0. The van der Waals surface area contributed by atoms with E-state index >= 15 is 0 Å². The number of benzene rings is 4. The molecule has 0 aliphatic heterocycles. The van der Waals surface area contributed by atoms with E-state index in [0.717, 1.165) is 37.9 Å². The first kappa shape index (κ1) is 21.9. The zero-order valence-corrected chi connectivity index (χ0v) is 20.0. The largest absolute Gasteiger partial charge is 0.457 e. The molecular formula is C29H21BrN2O2. The summed E-state index contributed by atoms with van der Waals surface area (Å²) in [5, 5.41) is 3.84. The predicted octanol–water partition coefficient (Wildman–Crippen LogP) is 8.02. The third kappa shape index (κ3) is 4.85. The van der Waals surface area contributed by atoms with E-state index in [2.05, 4.69) is 21.2 Å². The van der Waals surface area contributed by atoms with Gasteiger partial charge >= 0.3 is 0 Å². The van der Waals surface area contributed by atoms with Crippen LogP contribution in [-0.4, -0.2) is 10.9 Å². The third-order valence-electron chi connectivity index (χ3n) is 5.44. The quantitative estimate of drug-likeness (QED) is 0.261. The smallest absolute Gasteiger partial charge is 0.256 e. The summed E-state index contributed by atoms with van der Waals surface area (Å²) in [5.74, 6) is 1.25. The number of halogens is 1. The van der Waals surface area contributed by atoms with Crippen LogP contribution in [-0.2, 0) is 0 Å². The highest BCUT2D eigenvalue weighted by Crippen LogP contribution is 2.28. The predicted molar refractivity (Wildman–Crippen MR) is 141 cm³/mol. The molecule has 0 aliphatic rings. The van der Waals surface area contributed by atoms with E-state index in [4.69, 9.17) is 9.72 Å². The number of ether oxygens (including phenoxy) is 1. The van der Waals surface area contributed by atoms with Gasteiger partial charge in [0.25, 0.3) is 5.91 Å². The van der Waals surface area contributed by atoms with Gasteiger partial charge in [-0.05, 0) is 73.7 Å². The second-order valence-corrected chi connectivity index (χ2v) is 8.89. The molecule has 5 aromatic rings. The molecule has 0 aliphatic carbocycles. The molecular weight excluding hydrogens is 488 g/mol. The highest BCUT2D eigenvalue weighted by Gasteiger charge is 2.15. The summed E-state index contributed by atoms with van der Waals surface area (Å²) < 4.78 is 6.86. The zero-order chi connectivity index (χ0) is 23.5. The van der Waals surface area contributed by atoms with Crippen LogP contribution >= 0.6 is 15.9 Å². The van der Waals surface area contributed by atoms with Crippen molar-refractivity contribution >= 4 is 38.4 Å². The van der Waals surface area contributed by atoms with Crippen LogP contribution in [0.25, 0.3) is 22.2 Å². The lowest BCUT2D eigenvalue weighted by molar-refractivity contribution is 0.102. The van der Waals surface area contributed by atoms with Crippen molar-refractivity contribution in [2.75, 3.05) is 5.32 Å². The minimum Gasteiger partial charge on any atom is -0.457 e. The molecule has 0 atom stereocenters. The van der Waals surface area contributed by atoms with Crippen molar-refractivity contribution in [2.45, 2.75) is 6.92 Å². The van der Waals surface area contributed by atoms with Crippen molar-refractivity contribution in [3.05, 3.63) is 119 Å². The Morgan fingerprint density at radius 3 is 2.21 bits per heavy atom. The maximum atomic E-state index is 13.4. The number of aromatic nitrogens is 1. The van der Waals surface area contributed by atoms with Gasteiger partial charge in [-0.15, -0.1) is 0 Å². The number of nitrogens with zero attached hydrogens (tertiary/aromatic N) is 1. The molecule has 1 aromatic heterocycles.